The minimum atomic E-state index is 0.209. The zero-order valence-electron chi connectivity index (χ0n) is 15.6. The van der Waals surface area contributed by atoms with Crippen molar-refractivity contribution in [3.05, 3.63) is 17.6 Å². The summed E-state index contributed by atoms with van der Waals surface area (Å²) in [4.78, 5) is 26.4. The van der Waals surface area contributed by atoms with Crippen molar-refractivity contribution >= 4 is 11.7 Å². The summed E-state index contributed by atoms with van der Waals surface area (Å²) in [7, 11) is 0. The predicted octanol–water partition coefficient (Wildman–Crippen LogP) is 2.96. The van der Waals surface area contributed by atoms with Crippen molar-refractivity contribution in [2.75, 3.05) is 31.1 Å². The molecule has 0 spiro atoms. The molecule has 0 bridgehead atoms. The van der Waals surface area contributed by atoms with Crippen LogP contribution in [0.5, 0.6) is 0 Å². The van der Waals surface area contributed by atoms with Crippen LogP contribution in [-0.2, 0) is 4.79 Å². The standard InChI is InChI=1S/C20H30N4O/c1-14-11-19(22-15(2)21-14)23-9-7-16(8-10-23)20(25)24-12-17-5-3-4-6-18(17)13-24/h11,16-18H,3-10,12-13H2,1-2H3. The van der Waals surface area contributed by atoms with E-state index >= 15 is 0 Å². The number of aromatic nitrogens is 2. The average Bonchev–Trinajstić information content (AvgIpc) is 3.04. The van der Waals surface area contributed by atoms with Crippen LogP contribution in [0.15, 0.2) is 6.07 Å². The number of amides is 1. The van der Waals surface area contributed by atoms with Crippen LogP contribution in [0, 0.1) is 31.6 Å². The summed E-state index contributed by atoms with van der Waals surface area (Å²) in [5.41, 5.74) is 1.01. The first kappa shape index (κ1) is 16.8. The Kier molecular flexibility index (Phi) is 4.65. The second kappa shape index (κ2) is 6.93. The third-order valence-corrected chi connectivity index (χ3v) is 6.41. The van der Waals surface area contributed by atoms with Gasteiger partial charge < -0.3 is 9.80 Å². The highest BCUT2D eigenvalue weighted by molar-refractivity contribution is 5.79. The molecule has 3 aliphatic rings. The van der Waals surface area contributed by atoms with Gasteiger partial charge in [-0.05, 0) is 51.4 Å². The topological polar surface area (TPSA) is 49.3 Å². The molecule has 3 heterocycles. The highest BCUT2D eigenvalue weighted by Crippen LogP contribution is 2.37. The van der Waals surface area contributed by atoms with Crippen molar-refractivity contribution in [3.8, 4) is 0 Å². The van der Waals surface area contributed by atoms with Gasteiger partial charge in [-0.15, -0.1) is 0 Å². The molecular formula is C20H30N4O. The molecule has 2 atom stereocenters. The molecule has 1 saturated carbocycles. The minimum absolute atomic E-state index is 0.209. The Hall–Kier alpha value is -1.65. The molecule has 25 heavy (non-hydrogen) atoms. The van der Waals surface area contributed by atoms with Gasteiger partial charge in [0, 0.05) is 43.9 Å². The Balaban J connectivity index is 1.34. The molecule has 0 aromatic carbocycles. The number of nitrogens with zero attached hydrogens (tertiary/aromatic N) is 4. The zero-order valence-corrected chi connectivity index (χ0v) is 15.6. The van der Waals surface area contributed by atoms with Crippen LogP contribution >= 0.6 is 0 Å². The van der Waals surface area contributed by atoms with E-state index in [1.807, 2.05) is 13.8 Å². The molecular weight excluding hydrogens is 312 g/mol. The summed E-state index contributed by atoms with van der Waals surface area (Å²) >= 11 is 0. The quantitative estimate of drug-likeness (QED) is 0.829. The van der Waals surface area contributed by atoms with Gasteiger partial charge in [0.25, 0.3) is 0 Å². The second-order valence-corrected chi connectivity index (χ2v) is 8.22. The molecule has 1 amide bonds. The van der Waals surface area contributed by atoms with Gasteiger partial charge in [-0.1, -0.05) is 12.8 Å². The fourth-order valence-electron chi connectivity index (χ4n) is 5.06. The molecule has 2 unspecified atom stereocenters. The van der Waals surface area contributed by atoms with E-state index in [-0.39, 0.29) is 5.92 Å². The molecule has 1 aliphatic carbocycles. The maximum atomic E-state index is 13.0. The Bertz CT molecular complexity index is 604. The molecule has 1 aromatic heterocycles. The van der Waals surface area contributed by atoms with Crippen LogP contribution in [0.2, 0.25) is 0 Å². The summed E-state index contributed by atoms with van der Waals surface area (Å²) in [6.07, 6.45) is 7.29. The highest BCUT2D eigenvalue weighted by atomic mass is 16.2. The largest absolute Gasteiger partial charge is 0.356 e. The maximum Gasteiger partial charge on any atom is 0.225 e. The Labute approximate surface area is 150 Å². The minimum Gasteiger partial charge on any atom is -0.356 e. The number of hydrogen-bond donors (Lipinski definition) is 0. The fourth-order valence-corrected chi connectivity index (χ4v) is 5.06. The van der Waals surface area contributed by atoms with Crippen LogP contribution in [0.1, 0.15) is 50.0 Å². The Morgan fingerprint density at radius 2 is 1.64 bits per heavy atom. The number of hydrogen-bond acceptors (Lipinski definition) is 4. The van der Waals surface area contributed by atoms with Crippen molar-refractivity contribution in [1.29, 1.82) is 0 Å². The van der Waals surface area contributed by atoms with Gasteiger partial charge in [-0.2, -0.15) is 0 Å². The van der Waals surface area contributed by atoms with Crippen LogP contribution < -0.4 is 4.90 Å². The van der Waals surface area contributed by atoms with Crippen molar-refractivity contribution in [2.45, 2.75) is 52.4 Å². The lowest BCUT2D eigenvalue weighted by molar-refractivity contribution is -0.135. The Morgan fingerprint density at radius 1 is 1.00 bits per heavy atom. The third-order valence-electron chi connectivity index (χ3n) is 6.41. The normalized spacial score (nSPS) is 27.4. The molecule has 5 heteroatoms. The van der Waals surface area contributed by atoms with E-state index in [1.54, 1.807) is 0 Å². The fraction of sp³-hybridized carbons (Fsp3) is 0.750. The van der Waals surface area contributed by atoms with E-state index in [1.165, 1.54) is 25.7 Å². The van der Waals surface area contributed by atoms with E-state index in [0.29, 0.717) is 5.91 Å². The first-order valence-electron chi connectivity index (χ1n) is 9.96. The van der Waals surface area contributed by atoms with Crippen molar-refractivity contribution in [1.82, 2.24) is 14.9 Å². The third kappa shape index (κ3) is 3.51. The Morgan fingerprint density at radius 3 is 2.24 bits per heavy atom. The number of carbonyl (C=O) groups is 1. The number of likely N-dealkylation sites (tertiary alicyclic amines) is 1. The molecule has 3 fully saturated rings. The molecule has 0 radical (unpaired) electrons. The van der Waals surface area contributed by atoms with Gasteiger partial charge in [-0.3, -0.25) is 4.79 Å². The summed E-state index contributed by atoms with van der Waals surface area (Å²) < 4.78 is 0. The first-order valence-corrected chi connectivity index (χ1v) is 9.96. The monoisotopic (exact) mass is 342 g/mol. The van der Waals surface area contributed by atoms with E-state index in [9.17, 15) is 4.79 Å². The first-order chi connectivity index (χ1) is 12.1. The van der Waals surface area contributed by atoms with Crippen LogP contribution in [-0.4, -0.2) is 47.0 Å². The zero-order chi connectivity index (χ0) is 17.4. The number of rotatable bonds is 2. The molecule has 1 aromatic rings. The lowest BCUT2D eigenvalue weighted by atomic mass is 9.82. The predicted molar refractivity (Wildman–Crippen MR) is 98.5 cm³/mol. The van der Waals surface area contributed by atoms with Crippen molar-refractivity contribution in [3.63, 3.8) is 0 Å². The number of fused-ring (bicyclic) bond motifs is 1. The smallest absolute Gasteiger partial charge is 0.225 e. The second-order valence-electron chi connectivity index (χ2n) is 8.22. The highest BCUT2D eigenvalue weighted by Gasteiger charge is 2.39. The molecule has 5 nitrogen and oxygen atoms in total. The molecule has 2 saturated heterocycles. The van der Waals surface area contributed by atoms with Crippen molar-refractivity contribution in [2.24, 2.45) is 17.8 Å². The summed E-state index contributed by atoms with van der Waals surface area (Å²) in [6, 6.07) is 2.06. The van der Waals surface area contributed by atoms with Gasteiger partial charge >= 0.3 is 0 Å². The van der Waals surface area contributed by atoms with Crippen LogP contribution in [0.4, 0.5) is 5.82 Å². The number of anilines is 1. The van der Waals surface area contributed by atoms with Gasteiger partial charge in [0.1, 0.15) is 11.6 Å². The van der Waals surface area contributed by atoms with E-state index in [2.05, 4.69) is 25.8 Å². The maximum absolute atomic E-state index is 13.0. The summed E-state index contributed by atoms with van der Waals surface area (Å²) in [5, 5.41) is 0. The van der Waals surface area contributed by atoms with Gasteiger partial charge in [0.15, 0.2) is 0 Å². The molecule has 0 N–H and O–H groups in total. The van der Waals surface area contributed by atoms with E-state index in [0.717, 1.165) is 68.2 Å². The van der Waals surface area contributed by atoms with Gasteiger partial charge in [-0.25, -0.2) is 9.97 Å². The van der Waals surface area contributed by atoms with E-state index in [4.69, 9.17) is 0 Å². The molecule has 4 rings (SSSR count). The summed E-state index contributed by atoms with van der Waals surface area (Å²) in [5.74, 6) is 4.04. The van der Waals surface area contributed by atoms with Gasteiger partial charge in [0.05, 0.1) is 0 Å². The number of aryl methyl sites for hydroxylation is 2. The molecule has 2 aliphatic heterocycles. The van der Waals surface area contributed by atoms with Gasteiger partial charge in [0.2, 0.25) is 5.91 Å². The number of piperidine rings is 1. The number of carbonyl (C=O) groups excluding carboxylic acids is 1. The van der Waals surface area contributed by atoms with Crippen LogP contribution in [0.3, 0.4) is 0 Å². The average molecular weight is 342 g/mol. The van der Waals surface area contributed by atoms with E-state index < -0.39 is 0 Å². The van der Waals surface area contributed by atoms with Crippen molar-refractivity contribution < 1.29 is 4.79 Å². The summed E-state index contributed by atoms with van der Waals surface area (Å²) in [6.45, 7) is 7.85. The SMILES string of the molecule is Cc1cc(N2CCC(C(=O)N3CC4CCCCC4C3)CC2)nc(C)n1. The lowest BCUT2D eigenvalue weighted by Gasteiger charge is -2.34. The molecule has 136 valence electrons. The van der Waals surface area contributed by atoms with Crippen LogP contribution in [0.25, 0.3) is 0 Å². The lowest BCUT2D eigenvalue weighted by Crippen LogP contribution is -2.42.